The van der Waals surface area contributed by atoms with E-state index >= 15 is 0 Å². The number of benzene rings is 2. The molecule has 1 aliphatic heterocycles. The molecule has 1 aromatic heterocycles. The molecule has 48 heavy (non-hydrogen) atoms. The predicted molar refractivity (Wildman–Crippen MR) is 188 cm³/mol. The fourth-order valence-electron chi connectivity index (χ4n) is 6.92. The number of hydrogen-bond acceptors (Lipinski definition) is 7. The first kappa shape index (κ1) is 35.5. The molecular formula is C37H50ClN7O3. The normalized spacial score (nSPS) is 20.7. The first-order valence-electron chi connectivity index (χ1n) is 17.1. The number of tetrazole rings is 1. The topological polar surface area (TPSA) is 125 Å². The zero-order valence-electron chi connectivity index (χ0n) is 29.6. The highest BCUT2D eigenvalue weighted by atomic mass is 35.5. The van der Waals surface area contributed by atoms with Gasteiger partial charge < -0.3 is 15.0 Å². The van der Waals surface area contributed by atoms with Gasteiger partial charge in [-0.25, -0.2) is 0 Å². The average molecular weight is 676 g/mol. The second-order valence-corrected chi connectivity index (χ2v) is 16.2. The van der Waals surface area contributed by atoms with Gasteiger partial charge in [0.05, 0.1) is 23.7 Å². The number of aliphatic imine (C=N–C) groups is 1. The van der Waals surface area contributed by atoms with Gasteiger partial charge in [0.25, 0.3) is 11.8 Å². The Labute approximate surface area is 289 Å². The number of amides is 2. The third kappa shape index (κ3) is 8.08. The summed E-state index contributed by atoms with van der Waals surface area (Å²) in [5.74, 6) is 1.21. The van der Waals surface area contributed by atoms with Crippen LogP contribution in [0.2, 0.25) is 5.02 Å². The van der Waals surface area contributed by atoms with Gasteiger partial charge in [-0.05, 0) is 105 Å². The molecule has 2 aromatic carbocycles. The zero-order chi connectivity index (χ0) is 34.9. The zero-order valence-corrected chi connectivity index (χ0v) is 30.3. The number of nitrogens with one attached hydrogen (secondary N) is 2. The monoisotopic (exact) mass is 675 g/mol. The van der Waals surface area contributed by atoms with E-state index in [4.69, 9.17) is 21.3 Å². The molecule has 2 aliphatic rings. The van der Waals surface area contributed by atoms with Gasteiger partial charge in [-0.2, -0.15) is 5.21 Å². The van der Waals surface area contributed by atoms with Crippen LogP contribution in [0.25, 0.3) is 0 Å². The smallest absolute Gasteiger partial charge is 0.275 e. The van der Waals surface area contributed by atoms with Gasteiger partial charge in [0.2, 0.25) is 0 Å². The van der Waals surface area contributed by atoms with Gasteiger partial charge in [-0.3, -0.25) is 14.6 Å². The van der Waals surface area contributed by atoms with Crippen molar-refractivity contribution in [1.29, 1.82) is 0 Å². The van der Waals surface area contributed by atoms with Crippen molar-refractivity contribution in [1.82, 2.24) is 30.8 Å². The van der Waals surface area contributed by atoms with E-state index in [1.165, 1.54) is 0 Å². The lowest BCUT2D eigenvalue weighted by molar-refractivity contribution is -0.134. The lowest BCUT2D eigenvalue weighted by Crippen LogP contribution is -2.51. The van der Waals surface area contributed by atoms with Crippen molar-refractivity contribution < 1.29 is 14.3 Å². The minimum Gasteiger partial charge on any atom is -0.489 e. The fourth-order valence-corrected chi connectivity index (χ4v) is 7.14. The molecule has 1 spiro atoms. The van der Waals surface area contributed by atoms with Crippen molar-refractivity contribution in [2.75, 3.05) is 0 Å². The van der Waals surface area contributed by atoms with Crippen LogP contribution < -0.4 is 10.1 Å². The van der Waals surface area contributed by atoms with Crippen LogP contribution >= 0.6 is 11.6 Å². The van der Waals surface area contributed by atoms with Crippen LogP contribution in [0.3, 0.4) is 0 Å². The summed E-state index contributed by atoms with van der Waals surface area (Å²) in [4.78, 5) is 35.2. The van der Waals surface area contributed by atoms with Gasteiger partial charge in [0.1, 0.15) is 17.1 Å². The average Bonchev–Trinajstić information content (AvgIpc) is 3.63. The Bertz CT molecular complexity index is 1610. The maximum absolute atomic E-state index is 14.8. The highest BCUT2D eigenvalue weighted by Crippen LogP contribution is 2.50. The van der Waals surface area contributed by atoms with E-state index in [9.17, 15) is 9.59 Å². The van der Waals surface area contributed by atoms with E-state index in [1.807, 2.05) is 50.2 Å². The van der Waals surface area contributed by atoms with Crippen LogP contribution in [-0.2, 0) is 11.3 Å². The number of nitrogens with zero attached hydrogens (tertiary/aromatic N) is 5. The van der Waals surface area contributed by atoms with Crippen LogP contribution in [0.1, 0.15) is 127 Å². The van der Waals surface area contributed by atoms with Crippen molar-refractivity contribution in [2.24, 2.45) is 21.7 Å². The Morgan fingerprint density at radius 1 is 1.08 bits per heavy atom. The predicted octanol–water partition coefficient (Wildman–Crippen LogP) is 7.70. The standard InChI is InChI=1S/C37H50ClN7O3/c1-23(2)48-30-14-13-26(21-28(30)38)32-34(47)45(37(40-32)19-15-27(16-20-37)36(6,7)8)29(17-18-35(3,4)5)24-9-11-25(12-10-24)33(46)39-22-31-41-43-44-42-31/h9-14,21,23,27,29H,15-20,22H2,1-8H3,(H,39,46)(H,41,42,43,44)/t27?,29-,37?/m1/s1. The quantitative estimate of drug-likeness (QED) is 0.227. The highest BCUT2D eigenvalue weighted by Gasteiger charge is 2.52. The molecule has 0 bridgehead atoms. The first-order chi connectivity index (χ1) is 22.6. The number of aromatic nitrogens is 4. The number of hydrogen-bond donors (Lipinski definition) is 2. The molecule has 2 amide bonds. The van der Waals surface area contributed by atoms with Gasteiger partial charge >= 0.3 is 0 Å². The molecule has 0 unspecified atom stereocenters. The summed E-state index contributed by atoms with van der Waals surface area (Å²) in [7, 11) is 0. The molecule has 258 valence electrons. The second-order valence-electron chi connectivity index (χ2n) is 15.8. The maximum Gasteiger partial charge on any atom is 0.275 e. The number of halogens is 1. The Hall–Kier alpha value is -3.79. The number of aromatic amines is 1. The molecule has 5 rings (SSSR count). The van der Waals surface area contributed by atoms with Crippen molar-refractivity contribution in [3.8, 4) is 5.75 Å². The minimum atomic E-state index is -0.670. The van der Waals surface area contributed by atoms with E-state index in [1.54, 1.807) is 6.07 Å². The Balaban J connectivity index is 1.51. The van der Waals surface area contributed by atoms with E-state index in [2.05, 4.69) is 72.4 Å². The molecule has 1 saturated carbocycles. The van der Waals surface area contributed by atoms with Crippen LogP contribution in [-0.4, -0.2) is 54.8 Å². The Morgan fingerprint density at radius 3 is 2.33 bits per heavy atom. The molecule has 0 saturated heterocycles. The number of carbonyl (C=O) groups excluding carboxylic acids is 2. The summed E-state index contributed by atoms with van der Waals surface area (Å²) in [6, 6.07) is 12.9. The summed E-state index contributed by atoms with van der Waals surface area (Å²) in [6.45, 7) is 17.7. The van der Waals surface area contributed by atoms with E-state index in [0.717, 1.165) is 44.1 Å². The summed E-state index contributed by atoms with van der Waals surface area (Å²) >= 11 is 6.68. The maximum atomic E-state index is 14.8. The minimum absolute atomic E-state index is 0.0259. The Kier molecular flexibility index (Phi) is 10.3. The molecule has 2 N–H and O–H groups in total. The first-order valence-corrected chi connectivity index (χ1v) is 17.4. The number of ether oxygens (including phenoxy) is 1. The molecule has 0 radical (unpaired) electrons. The van der Waals surface area contributed by atoms with Crippen LogP contribution in [0.15, 0.2) is 47.5 Å². The molecule has 11 heteroatoms. The summed E-state index contributed by atoms with van der Waals surface area (Å²) < 4.78 is 5.88. The number of H-pyrrole nitrogens is 1. The van der Waals surface area contributed by atoms with Crippen molar-refractivity contribution in [3.05, 3.63) is 70.0 Å². The van der Waals surface area contributed by atoms with Crippen LogP contribution in [0, 0.1) is 16.7 Å². The van der Waals surface area contributed by atoms with Gasteiger partial charge in [0.15, 0.2) is 5.82 Å². The van der Waals surface area contributed by atoms with Gasteiger partial charge in [-0.15, -0.1) is 10.2 Å². The van der Waals surface area contributed by atoms with E-state index in [0.29, 0.717) is 39.4 Å². The molecule has 10 nitrogen and oxygen atoms in total. The number of rotatable bonds is 10. The highest BCUT2D eigenvalue weighted by molar-refractivity contribution is 6.47. The fraction of sp³-hybridized carbons (Fsp3) is 0.568. The molecule has 1 atom stereocenters. The SMILES string of the molecule is CC(C)Oc1ccc(C2=NC3(CCC(C(C)(C)C)CC3)N([C@H](CCC(C)(C)C)c3ccc(C(=O)NCc4nn[nH]n4)cc3)C2=O)cc1Cl. The lowest BCUT2D eigenvalue weighted by atomic mass is 9.69. The van der Waals surface area contributed by atoms with Crippen molar-refractivity contribution >= 4 is 29.1 Å². The van der Waals surface area contributed by atoms with Crippen LogP contribution in [0.5, 0.6) is 5.75 Å². The third-order valence-corrected chi connectivity index (χ3v) is 9.90. The van der Waals surface area contributed by atoms with Gasteiger partial charge in [-0.1, -0.05) is 70.5 Å². The number of carbonyl (C=O) groups is 2. The molecule has 1 fully saturated rings. The third-order valence-electron chi connectivity index (χ3n) is 9.60. The van der Waals surface area contributed by atoms with E-state index < -0.39 is 5.66 Å². The molecule has 2 heterocycles. The molecular weight excluding hydrogens is 626 g/mol. The summed E-state index contributed by atoms with van der Waals surface area (Å²) in [5.41, 5.74) is 2.19. The summed E-state index contributed by atoms with van der Waals surface area (Å²) in [6.07, 6.45) is 5.17. The van der Waals surface area contributed by atoms with Crippen LogP contribution in [0.4, 0.5) is 0 Å². The lowest BCUT2D eigenvalue weighted by Gasteiger charge is -2.47. The van der Waals surface area contributed by atoms with Crippen molar-refractivity contribution in [3.63, 3.8) is 0 Å². The Morgan fingerprint density at radius 2 is 1.77 bits per heavy atom. The van der Waals surface area contributed by atoms with Gasteiger partial charge in [0, 0.05) is 11.1 Å². The summed E-state index contributed by atoms with van der Waals surface area (Å²) in [5, 5.41) is 17.0. The largest absolute Gasteiger partial charge is 0.489 e. The van der Waals surface area contributed by atoms with Crippen molar-refractivity contribution in [2.45, 2.75) is 118 Å². The molecule has 3 aromatic rings. The molecule has 1 aliphatic carbocycles. The van der Waals surface area contributed by atoms with E-state index in [-0.39, 0.29) is 41.3 Å². The second kappa shape index (κ2) is 14.0.